The van der Waals surface area contributed by atoms with Gasteiger partial charge >= 0.3 is 0 Å². The number of thiophene rings is 1. The highest BCUT2D eigenvalue weighted by molar-refractivity contribution is 7.10. The zero-order valence-electron chi connectivity index (χ0n) is 10.6. The Morgan fingerprint density at radius 1 is 1.21 bits per heavy atom. The molecule has 2 aromatic rings. The van der Waals surface area contributed by atoms with Gasteiger partial charge in [-0.15, -0.1) is 11.3 Å². The molecule has 19 heavy (non-hydrogen) atoms. The highest BCUT2D eigenvalue weighted by Gasteiger charge is 2.08. The lowest BCUT2D eigenvalue weighted by Gasteiger charge is -2.11. The van der Waals surface area contributed by atoms with Crippen LogP contribution in [0.25, 0.3) is 0 Å². The molecule has 0 spiro atoms. The molecule has 100 valence electrons. The molecule has 0 aliphatic carbocycles. The Hall–Kier alpha value is -1.65. The Bertz CT molecular complexity index is 496. The van der Waals surface area contributed by atoms with Crippen molar-refractivity contribution in [3.63, 3.8) is 0 Å². The minimum absolute atomic E-state index is 0.0467. The molecule has 2 N–H and O–H groups in total. The second-order valence-corrected chi connectivity index (χ2v) is 5.44. The zero-order chi connectivity index (χ0) is 13.5. The van der Waals surface area contributed by atoms with Crippen molar-refractivity contribution in [2.24, 2.45) is 0 Å². The molecule has 1 amide bonds. The number of benzene rings is 1. The van der Waals surface area contributed by atoms with E-state index < -0.39 is 6.10 Å². The maximum atomic E-state index is 11.7. The standard InChI is InChI=1S/C15H17NO2S/c17-13(9-12-5-2-1-3-6-12)11-16-15(18)10-14-7-4-8-19-14/h1-8,13,17H,9-11H2,(H,16,18). The van der Waals surface area contributed by atoms with Crippen molar-refractivity contribution in [1.29, 1.82) is 0 Å². The monoisotopic (exact) mass is 275 g/mol. The highest BCUT2D eigenvalue weighted by Crippen LogP contribution is 2.08. The van der Waals surface area contributed by atoms with Gasteiger partial charge in [-0.05, 0) is 17.0 Å². The van der Waals surface area contributed by atoms with Crippen LogP contribution in [0.4, 0.5) is 0 Å². The summed E-state index contributed by atoms with van der Waals surface area (Å²) in [6.45, 7) is 0.291. The fourth-order valence-corrected chi connectivity index (χ4v) is 2.53. The number of nitrogens with one attached hydrogen (secondary N) is 1. The molecule has 1 aromatic carbocycles. The largest absolute Gasteiger partial charge is 0.391 e. The summed E-state index contributed by atoms with van der Waals surface area (Å²) in [5, 5.41) is 14.6. The van der Waals surface area contributed by atoms with Crippen LogP contribution in [0.5, 0.6) is 0 Å². The Balaban J connectivity index is 1.71. The van der Waals surface area contributed by atoms with Crippen molar-refractivity contribution < 1.29 is 9.90 Å². The fraction of sp³-hybridized carbons (Fsp3) is 0.267. The van der Waals surface area contributed by atoms with Gasteiger partial charge in [-0.25, -0.2) is 0 Å². The Labute approximate surface area is 116 Å². The van der Waals surface area contributed by atoms with Crippen LogP contribution in [0.1, 0.15) is 10.4 Å². The van der Waals surface area contributed by atoms with E-state index in [1.807, 2.05) is 47.8 Å². The molecule has 3 nitrogen and oxygen atoms in total. The summed E-state index contributed by atoms with van der Waals surface area (Å²) >= 11 is 1.56. The average Bonchev–Trinajstić information content (AvgIpc) is 2.90. The van der Waals surface area contributed by atoms with E-state index in [-0.39, 0.29) is 5.91 Å². The van der Waals surface area contributed by atoms with E-state index in [2.05, 4.69) is 5.32 Å². The molecular weight excluding hydrogens is 258 g/mol. The first kappa shape index (κ1) is 13.8. The first-order chi connectivity index (χ1) is 9.24. The minimum Gasteiger partial charge on any atom is -0.391 e. The number of carbonyl (C=O) groups excluding carboxylic acids is 1. The van der Waals surface area contributed by atoms with E-state index in [9.17, 15) is 9.90 Å². The Kier molecular flexibility index (Phi) is 5.12. The molecule has 1 heterocycles. The van der Waals surface area contributed by atoms with Crippen LogP contribution >= 0.6 is 11.3 Å². The average molecular weight is 275 g/mol. The van der Waals surface area contributed by atoms with Crippen LogP contribution in [-0.4, -0.2) is 23.7 Å². The van der Waals surface area contributed by atoms with Crippen LogP contribution < -0.4 is 5.32 Å². The molecule has 0 aliphatic rings. The van der Waals surface area contributed by atoms with Gasteiger partial charge in [0, 0.05) is 17.8 Å². The van der Waals surface area contributed by atoms with E-state index >= 15 is 0 Å². The second kappa shape index (κ2) is 7.07. The smallest absolute Gasteiger partial charge is 0.225 e. The van der Waals surface area contributed by atoms with Crippen LogP contribution in [0.3, 0.4) is 0 Å². The summed E-state index contributed by atoms with van der Waals surface area (Å²) in [4.78, 5) is 12.7. The van der Waals surface area contributed by atoms with Crippen molar-refractivity contribution >= 4 is 17.2 Å². The maximum Gasteiger partial charge on any atom is 0.225 e. The summed E-state index contributed by atoms with van der Waals surface area (Å²) in [6, 6.07) is 13.6. The molecule has 0 saturated carbocycles. The fourth-order valence-electron chi connectivity index (χ4n) is 1.82. The predicted molar refractivity (Wildman–Crippen MR) is 77.2 cm³/mol. The third kappa shape index (κ3) is 4.85. The summed E-state index contributed by atoms with van der Waals surface area (Å²) in [5.74, 6) is -0.0467. The van der Waals surface area contributed by atoms with Gasteiger partial charge in [-0.1, -0.05) is 36.4 Å². The van der Waals surface area contributed by atoms with E-state index in [0.29, 0.717) is 19.4 Å². The van der Waals surface area contributed by atoms with Crippen molar-refractivity contribution in [3.05, 3.63) is 58.3 Å². The molecule has 0 bridgehead atoms. The number of carbonyl (C=O) groups is 1. The maximum absolute atomic E-state index is 11.7. The lowest BCUT2D eigenvalue weighted by molar-refractivity contribution is -0.120. The lowest BCUT2D eigenvalue weighted by atomic mass is 10.1. The number of aliphatic hydroxyl groups is 1. The quantitative estimate of drug-likeness (QED) is 0.847. The Morgan fingerprint density at radius 2 is 2.00 bits per heavy atom. The summed E-state index contributed by atoms with van der Waals surface area (Å²) in [6.07, 6.45) is 0.394. The first-order valence-electron chi connectivity index (χ1n) is 6.25. The topological polar surface area (TPSA) is 49.3 Å². The predicted octanol–water partition coefficient (Wildman–Crippen LogP) is 2.01. The minimum atomic E-state index is -0.547. The molecule has 1 aromatic heterocycles. The summed E-state index contributed by atoms with van der Waals surface area (Å²) in [5.41, 5.74) is 1.07. The number of rotatable bonds is 6. The van der Waals surface area contributed by atoms with Gasteiger partial charge in [-0.3, -0.25) is 4.79 Å². The molecule has 1 atom stereocenters. The lowest BCUT2D eigenvalue weighted by Crippen LogP contribution is -2.34. The van der Waals surface area contributed by atoms with Gasteiger partial charge in [-0.2, -0.15) is 0 Å². The molecular formula is C15H17NO2S. The number of aliphatic hydroxyl groups excluding tert-OH is 1. The highest BCUT2D eigenvalue weighted by atomic mass is 32.1. The normalized spacial score (nSPS) is 12.1. The zero-order valence-corrected chi connectivity index (χ0v) is 11.4. The van der Waals surface area contributed by atoms with Crippen molar-refractivity contribution in [2.75, 3.05) is 6.54 Å². The van der Waals surface area contributed by atoms with Crippen LogP contribution in [0, 0.1) is 0 Å². The third-order valence-electron chi connectivity index (χ3n) is 2.76. The summed E-state index contributed by atoms with van der Waals surface area (Å²) in [7, 11) is 0. The number of hydrogen-bond donors (Lipinski definition) is 2. The third-order valence-corrected chi connectivity index (χ3v) is 3.64. The van der Waals surface area contributed by atoms with Gasteiger partial charge in [0.2, 0.25) is 5.91 Å². The van der Waals surface area contributed by atoms with E-state index in [4.69, 9.17) is 0 Å². The van der Waals surface area contributed by atoms with Crippen molar-refractivity contribution in [2.45, 2.75) is 18.9 Å². The Morgan fingerprint density at radius 3 is 2.68 bits per heavy atom. The first-order valence-corrected chi connectivity index (χ1v) is 7.13. The van der Waals surface area contributed by atoms with Crippen LogP contribution in [0.15, 0.2) is 47.8 Å². The van der Waals surface area contributed by atoms with Gasteiger partial charge in [0.15, 0.2) is 0 Å². The number of hydrogen-bond acceptors (Lipinski definition) is 3. The van der Waals surface area contributed by atoms with E-state index in [1.54, 1.807) is 11.3 Å². The molecule has 0 radical (unpaired) electrons. The molecule has 4 heteroatoms. The van der Waals surface area contributed by atoms with E-state index in [0.717, 1.165) is 10.4 Å². The molecule has 0 saturated heterocycles. The van der Waals surface area contributed by atoms with Crippen molar-refractivity contribution in [3.8, 4) is 0 Å². The molecule has 1 unspecified atom stereocenters. The van der Waals surface area contributed by atoms with Crippen molar-refractivity contribution in [1.82, 2.24) is 5.32 Å². The number of amides is 1. The molecule has 0 aliphatic heterocycles. The molecule has 2 rings (SSSR count). The molecule has 0 fully saturated rings. The van der Waals surface area contributed by atoms with Crippen LogP contribution in [-0.2, 0) is 17.6 Å². The van der Waals surface area contributed by atoms with E-state index in [1.165, 1.54) is 0 Å². The van der Waals surface area contributed by atoms with Crippen LogP contribution in [0.2, 0.25) is 0 Å². The van der Waals surface area contributed by atoms with Gasteiger partial charge in [0.25, 0.3) is 0 Å². The van der Waals surface area contributed by atoms with Gasteiger partial charge in [0.05, 0.1) is 12.5 Å². The SMILES string of the molecule is O=C(Cc1cccs1)NCC(O)Cc1ccccc1. The summed E-state index contributed by atoms with van der Waals surface area (Å²) < 4.78 is 0. The van der Waals surface area contributed by atoms with Gasteiger partial charge in [0.1, 0.15) is 0 Å². The van der Waals surface area contributed by atoms with Gasteiger partial charge < -0.3 is 10.4 Å². The second-order valence-electron chi connectivity index (χ2n) is 4.40.